The first-order valence-electron chi connectivity index (χ1n) is 13.2. The van der Waals surface area contributed by atoms with Gasteiger partial charge in [-0.1, -0.05) is 6.42 Å². The molecule has 0 saturated heterocycles. The number of fused-ring (bicyclic) bond motifs is 3. The summed E-state index contributed by atoms with van der Waals surface area (Å²) < 4.78 is 51.9. The maximum absolute atomic E-state index is 14.3. The van der Waals surface area contributed by atoms with Crippen LogP contribution in [0.5, 0.6) is 5.75 Å². The molecule has 1 aliphatic heterocycles. The maximum Gasteiger partial charge on any atom is 0.414 e. The molecule has 214 valence electrons. The fraction of sp³-hybridized carbons (Fsp3) is 0.464. The number of carbonyl (C=O) groups excluding carboxylic acids is 1. The fourth-order valence-corrected chi connectivity index (χ4v) is 6.07. The van der Waals surface area contributed by atoms with Crippen LogP contribution in [0.2, 0.25) is 0 Å². The van der Waals surface area contributed by atoms with Crippen molar-refractivity contribution < 1.29 is 42.4 Å². The third-order valence-corrected chi connectivity index (χ3v) is 7.94. The van der Waals surface area contributed by atoms with Gasteiger partial charge in [0.05, 0.1) is 29.7 Å². The molecule has 1 unspecified atom stereocenters. The number of carboxylic acids is 1. The second kappa shape index (κ2) is 11.0. The summed E-state index contributed by atoms with van der Waals surface area (Å²) in [5.74, 6) is -2.65. The molecule has 3 aromatic rings. The van der Waals surface area contributed by atoms with Gasteiger partial charge in [0.15, 0.2) is 0 Å². The molecule has 2 N–H and O–H groups in total. The van der Waals surface area contributed by atoms with E-state index in [0.29, 0.717) is 48.8 Å². The van der Waals surface area contributed by atoms with Crippen LogP contribution in [-0.2, 0) is 16.0 Å². The molecule has 1 amide bonds. The second-order valence-electron chi connectivity index (χ2n) is 10.3. The predicted molar refractivity (Wildman–Crippen MR) is 138 cm³/mol. The van der Waals surface area contributed by atoms with Crippen molar-refractivity contribution in [3.8, 4) is 5.75 Å². The third-order valence-electron chi connectivity index (χ3n) is 7.94. The Bertz CT molecular complexity index is 1440. The Kier molecular flexibility index (Phi) is 7.63. The minimum absolute atomic E-state index is 0.0485. The van der Waals surface area contributed by atoms with Gasteiger partial charge in [0.1, 0.15) is 23.5 Å². The average Bonchev–Trinajstić information content (AvgIpc) is 3.33. The Balaban J connectivity index is 1.71. The number of carboxylic acid groups (broad SMARTS) is 1. The van der Waals surface area contributed by atoms with Crippen LogP contribution < -0.4 is 9.64 Å². The topological polar surface area (TPSA) is 114 Å². The van der Waals surface area contributed by atoms with Crippen molar-refractivity contribution in [1.82, 2.24) is 9.55 Å². The fourth-order valence-electron chi connectivity index (χ4n) is 6.07. The molecule has 0 bridgehead atoms. The number of aliphatic hydroxyl groups is 1. The van der Waals surface area contributed by atoms with Crippen LogP contribution in [0.3, 0.4) is 0 Å². The predicted octanol–water partition coefficient (Wildman–Crippen LogP) is 5.58. The number of imidazole rings is 1. The number of ether oxygens (including phenoxy) is 2. The Morgan fingerprint density at radius 2 is 1.93 bits per heavy atom. The van der Waals surface area contributed by atoms with E-state index in [1.165, 1.54) is 12.0 Å². The number of anilines is 1. The first kappa shape index (κ1) is 27.8. The number of carbonyl (C=O) groups is 2. The van der Waals surface area contributed by atoms with Crippen molar-refractivity contribution in [2.45, 2.75) is 70.2 Å². The lowest BCUT2D eigenvalue weighted by Gasteiger charge is -2.34. The van der Waals surface area contributed by atoms with E-state index in [1.54, 1.807) is 16.7 Å². The molecule has 0 spiro atoms. The zero-order valence-electron chi connectivity index (χ0n) is 22.0. The zero-order chi connectivity index (χ0) is 28.7. The van der Waals surface area contributed by atoms with Crippen LogP contribution in [0.4, 0.5) is 23.7 Å². The van der Waals surface area contributed by atoms with Gasteiger partial charge in [-0.05, 0) is 69.4 Å². The molecule has 9 nitrogen and oxygen atoms in total. The van der Waals surface area contributed by atoms with Gasteiger partial charge < -0.3 is 24.3 Å². The number of hydrogen-bond acceptors (Lipinski definition) is 6. The minimum Gasteiger partial charge on any atom is -0.481 e. The number of nitrogens with zero attached hydrogens (tertiary/aromatic N) is 3. The molecule has 5 rings (SSSR count). The van der Waals surface area contributed by atoms with Gasteiger partial charge in [-0.25, -0.2) is 14.2 Å². The number of benzene rings is 2. The Morgan fingerprint density at radius 3 is 2.62 bits per heavy atom. The number of aromatic nitrogens is 2. The number of aryl methyl sites for hydroxylation is 1. The summed E-state index contributed by atoms with van der Waals surface area (Å²) in [5.41, 5.74) is 2.18. The average molecular weight is 562 g/mol. The summed E-state index contributed by atoms with van der Waals surface area (Å²) in [5, 5.41) is 21.3. The summed E-state index contributed by atoms with van der Waals surface area (Å²) >= 11 is 0. The molecule has 1 saturated carbocycles. The highest BCUT2D eigenvalue weighted by molar-refractivity contribution is 5.95. The van der Waals surface area contributed by atoms with Gasteiger partial charge in [-0.3, -0.25) is 9.69 Å². The number of amides is 1. The number of aliphatic hydroxyl groups excluding tert-OH is 1. The summed E-state index contributed by atoms with van der Waals surface area (Å²) in [6, 6.07) is 5.89. The third kappa shape index (κ3) is 4.96. The SMILES string of the molecule is COC(=O)N1c2ccc3c(nc([C@@H](O)c4cc(F)ccc4OC(F)F)n3C3CCC[C@H](C(=O)O)C3)c2CC[C@H]1C. The number of rotatable bonds is 6. The monoisotopic (exact) mass is 561 g/mol. The number of alkyl halides is 2. The molecule has 12 heteroatoms. The second-order valence-corrected chi connectivity index (χ2v) is 10.3. The summed E-state index contributed by atoms with van der Waals surface area (Å²) in [7, 11) is 1.30. The van der Waals surface area contributed by atoms with Gasteiger partial charge >= 0.3 is 18.7 Å². The van der Waals surface area contributed by atoms with Gasteiger partial charge in [0.25, 0.3) is 0 Å². The molecule has 2 heterocycles. The molecule has 40 heavy (non-hydrogen) atoms. The molecule has 1 aliphatic carbocycles. The number of aliphatic carboxylic acids is 1. The van der Waals surface area contributed by atoms with Gasteiger partial charge in [0, 0.05) is 23.2 Å². The molecule has 2 aromatic carbocycles. The van der Waals surface area contributed by atoms with Crippen LogP contribution in [0.15, 0.2) is 30.3 Å². The highest BCUT2D eigenvalue weighted by Gasteiger charge is 2.36. The highest BCUT2D eigenvalue weighted by atomic mass is 19.3. The highest BCUT2D eigenvalue weighted by Crippen LogP contribution is 2.43. The maximum atomic E-state index is 14.3. The van der Waals surface area contributed by atoms with E-state index in [1.807, 2.05) is 6.92 Å². The van der Waals surface area contributed by atoms with E-state index in [4.69, 9.17) is 9.72 Å². The van der Waals surface area contributed by atoms with Crippen molar-refractivity contribution >= 4 is 28.8 Å². The lowest BCUT2D eigenvalue weighted by Crippen LogP contribution is -2.42. The first-order chi connectivity index (χ1) is 19.1. The van der Waals surface area contributed by atoms with E-state index in [2.05, 4.69) is 4.74 Å². The van der Waals surface area contributed by atoms with Crippen molar-refractivity contribution in [2.75, 3.05) is 12.0 Å². The Morgan fingerprint density at radius 1 is 1.15 bits per heavy atom. The normalized spacial score (nSPS) is 21.8. The van der Waals surface area contributed by atoms with Crippen molar-refractivity contribution in [3.05, 3.63) is 53.1 Å². The van der Waals surface area contributed by atoms with Crippen molar-refractivity contribution in [1.29, 1.82) is 0 Å². The smallest absolute Gasteiger partial charge is 0.414 e. The van der Waals surface area contributed by atoms with Gasteiger partial charge in [-0.15, -0.1) is 0 Å². The van der Waals surface area contributed by atoms with Crippen LogP contribution in [0.1, 0.15) is 68.1 Å². The quantitative estimate of drug-likeness (QED) is 0.404. The molecular formula is C28H30F3N3O6. The summed E-state index contributed by atoms with van der Waals surface area (Å²) in [6.07, 6.45) is 0.980. The van der Waals surface area contributed by atoms with Crippen molar-refractivity contribution in [3.63, 3.8) is 0 Å². The van der Waals surface area contributed by atoms with Gasteiger partial charge in [0.2, 0.25) is 0 Å². The van der Waals surface area contributed by atoms with E-state index in [-0.39, 0.29) is 29.9 Å². The number of hydrogen-bond donors (Lipinski definition) is 2. The molecule has 2 aliphatic rings. The Labute approximate surface area is 228 Å². The minimum atomic E-state index is -3.21. The molecule has 0 radical (unpaired) electrons. The molecular weight excluding hydrogens is 531 g/mol. The van der Waals surface area contributed by atoms with E-state index in [0.717, 1.165) is 23.8 Å². The van der Waals surface area contributed by atoms with E-state index >= 15 is 0 Å². The molecule has 1 aromatic heterocycles. The molecule has 1 fully saturated rings. The Hall–Kier alpha value is -3.80. The lowest BCUT2D eigenvalue weighted by atomic mass is 9.85. The van der Waals surface area contributed by atoms with Crippen LogP contribution >= 0.6 is 0 Å². The van der Waals surface area contributed by atoms with Crippen molar-refractivity contribution in [2.24, 2.45) is 5.92 Å². The summed E-state index contributed by atoms with van der Waals surface area (Å²) in [6.45, 7) is -1.30. The van der Waals surface area contributed by atoms with E-state index in [9.17, 15) is 33.0 Å². The lowest BCUT2D eigenvalue weighted by molar-refractivity contribution is -0.143. The van der Waals surface area contributed by atoms with Crippen LogP contribution in [0, 0.1) is 11.7 Å². The van der Waals surface area contributed by atoms with E-state index < -0.39 is 42.3 Å². The molecule has 4 atom stereocenters. The van der Waals surface area contributed by atoms with Crippen LogP contribution in [0.25, 0.3) is 11.0 Å². The zero-order valence-corrected chi connectivity index (χ0v) is 22.0. The van der Waals surface area contributed by atoms with Gasteiger partial charge in [-0.2, -0.15) is 8.78 Å². The number of halogens is 3. The first-order valence-corrected chi connectivity index (χ1v) is 13.2. The number of methoxy groups -OCH3 is 1. The van der Waals surface area contributed by atoms with Crippen LogP contribution in [-0.4, -0.2) is 51.6 Å². The standard InChI is InChI=1S/C28H30F3N3O6/c1-14-6-8-18-20(33(14)28(38)39-2)9-10-21-23(18)32-25(34(21)17-5-3-4-15(12-17)26(36)37)24(35)19-13-16(29)7-11-22(19)40-27(30)31/h7,9-11,13-15,17,24,27,35H,3-6,8,12H2,1-2H3,(H,36,37)/t14-,15+,17?,24+/m1/s1. The largest absolute Gasteiger partial charge is 0.481 e. The summed E-state index contributed by atoms with van der Waals surface area (Å²) in [4.78, 5) is 30.8.